The number of aryl methyl sites for hydroxylation is 1. The molecule has 2 aromatic rings. The molecule has 1 N–H and O–H groups in total. The van der Waals surface area contributed by atoms with Gasteiger partial charge in [-0.25, -0.2) is 0 Å². The monoisotopic (exact) mass is 227 g/mol. The number of nitrogens with one attached hydrogen (secondary N) is 1. The molecule has 0 aliphatic heterocycles. The smallest absolute Gasteiger partial charge is 0.416 e. The van der Waals surface area contributed by atoms with E-state index in [1.165, 1.54) is 6.07 Å². The maximum absolute atomic E-state index is 12.5. The molecule has 0 radical (unpaired) electrons. The summed E-state index contributed by atoms with van der Waals surface area (Å²) in [6.45, 7) is 1.86. The van der Waals surface area contributed by atoms with Crippen molar-refractivity contribution in [3.05, 3.63) is 41.4 Å². The van der Waals surface area contributed by atoms with Gasteiger partial charge in [-0.15, -0.1) is 0 Å². The van der Waals surface area contributed by atoms with Gasteiger partial charge in [0.15, 0.2) is 0 Å². The summed E-state index contributed by atoms with van der Waals surface area (Å²) in [4.78, 5) is 0. The molecule has 1 aromatic heterocycles. The maximum atomic E-state index is 12.5. The third-order valence-corrected chi connectivity index (χ3v) is 2.60. The van der Waals surface area contributed by atoms with Crippen LogP contribution in [0.2, 0.25) is 0 Å². The first-order valence-electron chi connectivity index (χ1n) is 4.86. The minimum absolute atomic E-state index is 0.504. The lowest BCUT2D eigenvalue weighted by Crippen LogP contribution is -2.04. The van der Waals surface area contributed by atoms with Crippen molar-refractivity contribution in [2.75, 3.05) is 0 Å². The van der Waals surface area contributed by atoms with Gasteiger partial charge >= 0.3 is 6.18 Å². The molecule has 0 bridgehead atoms. The van der Waals surface area contributed by atoms with Gasteiger partial charge in [0.1, 0.15) is 0 Å². The average molecular weight is 227 g/mol. The minimum Gasteiger partial charge on any atom is -0.631 e. The molecule has 1 heterocycles. The van der Waals surface area contributed by atoms with Crippen molar-refractivity contribution < 1.29 is 13.2 Å². The van der Waals surface area contributed by atoms with Crippen LogP contribution < -0.4 is 0 Å². The van der Waals surface area contributed by atoms with E-state index in [9.17, 15) is 13.2 Å². The fourth-order valence-electron chi connectivity index (χ4n) is 1.76. The van der Waals surface area contributed by atoms with Gasteiger partial charge in [-0.05, 0) is 36.4 Å². The second kappa shape index (κ2) is 3.43. The normalized spacial score (nSPS) is 12.2. The molecule has 2 rings (SSSR count). The van der Waals surface area contributed by atoms with Crippen LogP contribution in [0.15, 0.2) is 24.4 Å². The van der Waals surface area contributed by atoms with Crippen LogP contribution in [-0.2, 0) is 12.6 Å². The molecule has 1 aromatic carbocycles. The molecule has 2 nitrogen and oxygen atoms in total. The van der Waals surface area contributed by atoms with Gasteiger partial charge in [0, 0.05) is 10.9 Å². The van der Waals surface area contributed by atoms with Crippen LogP contribution in [0.25, 0.3) is 16.7 Å². The summed E-state index contributed by atoms with van der Waals surface area (Å²) < 4.78 is 38.6. The summed E-state index contributed by atoms with van der Waals surface area (Å²) in [5.41, 5.74) is 0.599. The molecular formula is C11H10F3N2-. The molecule has 16 heavy (non-hydrogen) atoms. The van der Waals surface area contributed by atoms with Gasteiger partial charge in [0.05, 0.1) is 5.56 Å². The number of hydrogen-bond donors (Lipinski definition) is 0. The van der Waals surface area contributed by atoms with Crippen LogP contribution in [-0.4, -0.2) is 4.68 Å². The van der Waals surface area contributed by atoms with Crippen molar-refractivity contribution in [3.63, 3.8) is 0 Å². The van der Waals surface area contributed by atoms with Gasteiger partial charge < -0.3 is 10.5 Å². The highest BCUT2D eigenvalue weighted by Gasteiger charge is 2.30. The Bertz CT molecular complexity index is 526. The van der Waals surface area contributed by atoms with Crippen LogP contribution in [0.5, 0.6) is 0 Å². The fourth-order valence-corrected chi connectivity index (χ4v) is 1.76. The summed E-state index contributed by atoms with van der Waals surface area (Å²) >= 11 is 0. The van der Waals surface area contributed by atoms with E-state index in [0.29, 0.717) is 17.3 Å². The van der Waals surface area contributed by atoms with Crippen LogP contribution in [0, 0.1) is 0 Å². The predicted octanol–water partition coefficient (Wildman–Crippen LogP) is 4.04. The molecule has 0 amide bonds. The van der Waals surface area contributed by atoms with Gasteiger partial charge in [-0.1, -0.05) is 6.92 Å². The standard InChI is InChI=1S/C11H10F3N2/c1-2-7-6-16(15)10-4-3-8(5-9(7)10)11(12,13)14/h3-6,15H,2H2,1H3/q-1. The van der Waals surface area contributed by atoms with Crippen molar-refractivity contribution in [3.8, 4) is 0 Å². The average Bonchev–Trinajstić information content (AvgIpc) is 2.54. The SMILES string of the molecule is CCc1cn([NH-])c2ccc(C(F)(F)F)cc12. The predicted molar refractivity (Wildman–Crippen MR) is 56.0 cm³/mol. The van der Waals surface area contributed by atoms with Crippen molar-refractivity contribution in [2.24, 2.45) is 0 Å². The van der Waals surface area contributed by atoms with Gasteiger partial charge in [0.25, 0.3) is 0 Å². The largest absolute Gasteiger partial charge is 0.631 e. The first kappa shape index (κ1) is 10.9. The summed E-state index contributed by atoms with van der Waals surface area (Å²) in [6.07, 6.45) is -2.17. The van der Waals surface area contributed by atoms with E-state index in [4.69, 9.17) is 5.84 Å². The van der Waals surface area contributed by atoms with Crippen LogP contribution in [0.3, 0.4) is 0 Å². The Morgan fingerprint density at radius 1 is 1.31 bits per heavy atom. The molecule has 0 unspecified atom stereocenters. The van der Waals surface area contributed by atoms with Crippen LogP contribution >= 0.6 is 0 Å². The number of nitrogens with zero attached hydrogens (tertiary/aromatic N) is 1. The number of hydrogen-bond acceptors (Lipinski definition) is 0. The molecule has 0 spiro atoms. The Balaban J connectivity index is 2.69. The molecule has 0 aliphatic carbocycles. The van der Waals surface area contributed by atoms with Gasteiger partial charge in [-0.2, -0.15) is 13.2 Å². The fraction of sp³-hybridized carbons (Fsp3) is 0.273. The summed E-state index contributed by atoms with van der Waals surface area (Å²) in [7, 11) is 0. The van der Waals surface area contributed by atoms with Gasteiger partial charge in [0.2, 0.25) is 0 Å². The third kappa shape index (κ3) is 1.62. The number of benzene rings is 1. The van der Waals surface area contributed by atoms with E-state index in [0.717, 1.165) is 22.4 Å². The van der Waals surface area contributed by atoms with Crippen molar-refractivity contribution in [1.82, 2.24) is 4.68 Å². The Morgan fingerprint density at radius 3 is 2.56 bits per heavy atom. The lowest BCUT2D eigenvalue weighted by Gasteiger charge is -2.09. The highest BCUT2D eigenvalue weighted by Crippen LogP contribution is 2.33. The van der Waals surface area contributed by atoms with E-state index >= 15 is 0 Å². The Kier molecular flexibility index (Phi) is 2.33. The Labute approximate surface area is 90.4 Å². The van der Waals surface area contributed by atoms with E-state index < -0.39 is 11.7 Å². The second-order valence-corrected chi connectivity index (χ2v) is 3.61. The van der Waals surface area contributed by atoms with E-state index in [1.54, 1.807) is 6.20 Å². The first-order valence-corrected chi connectivity index (χ1v) is 4.86. The number of alkyl halides is 3. The molecule has 86 valence electrons. The topological polar surface area (TPSA) is 28.7 Å². The van der Waals surface area contributed by atoms with E-state index in [-0.39, 0.29) is 0 Å². The molecule has 0 saturated heterocycles. The zero-order valence-electron chi connectivity index (χ0n) is 8.60. The highest BCUT2D eigenvalue weighted by molar-refractivity contribution is 5.85. The summed E-state index contributed by atoms with van der Waals surface area (Å²) in [6, 6.07) is 3.45. The molecular weight excluding hydrogens is 217 g/mol. The van der Waals surface area contributed by atoms with Crippen molar-refractivity contribution >= 4 is 10.9 Å². The second-order valence-electron chi connectivity index (χ2n) is 3.61. The maximum Gasteiger partial charge on any atom is 0.416 e. The van der Waals surface area contributed by atoms with Crippen molar-refractivity contribution in [2.45, 2.75) is 19.5 Å². The Morgan fingerprint density at radius 2 is 2.00 bits per heavy atom. The molecule has 5 heteroatoms. The zero-order chi connectivity index (χ0) is 11.9. The molecule has 0 fully saturated rings. The number of fused-ring (bicyclic) bond motifs is 1. The molecule has 0 saturated carbocycles. The van der Waals surface area contributed by atoms with Crippen LogP contribution in [0.4, 0.5) is 13.2 Å². The molecule has 0 aliphatic rings. The lowest BCUT2D eigenvalue weighted by molar-refractivity contribution is -0.137. The van der Waals surface area contributed by atoms with E-state index in [1.807, 2.05) is 6.92 Å². The number of halogens is 3. The van der Waals surface area contributed by atoms with Crippen molar-refractivity contribution in [1.29, 1.82) is 0 Å². The Hall–Kier alpha value is -1.65. The van der Waals surface area contributed by atoms with Gasteiger partial charge in [-0.3, -0.25) is 0 Å². The minimum atomic E-state index is -4.33. The van der Waals surface area contributed by atoms with Crippen LogP contribution in [0.1, 0.15) is 18.1 Å². The summed E-state index contributed by atoms with van der Waals surface area (Å²) in [5, 5.41) is 0.507. The number of aromatic nitrogens is 1. The zero-order valence-corrected chi connectivity index (χ0v) is 8.60. The summed E-state index contributed by atoms with van der Waals surface area (Å²) in [5.74, 6) is 7.55. The first-order chi connectivity index (χ1) is 7.43. The lowest BCUT2D eigenvalue weighted by atomic mass is 10.1. The molecule has 0 atom stereocenters. The highest BCUT2D eigenvalue weighted by atomic mass is 19.4. The quantitative estimate of drug-likeness (QED) is 0.703. The third-order valence-electron chi connectivity index (χ3n) is 2.60. The number of rotatable bonds is 1. The van der Waals surface area contributed by atoms with E-state index in [2.05, 4.69) is 0 Å².